The van der Waals surface area contributed by atoms with E-state index < -0.39 is 11.1 Å². The minimum atomic E-state index is -1.98. The number of rotatable bonds is 5. The first-order valence-electron chi connectivity index (χ1n) is 5.62. The molecule has 0 spiro atoms. The molecule has 1 aromatic heterocycles. The molecule has 0 saturated heterocycles. The van der Waals surface area contributed by atoms with Crippen LogP contribution in [-0.2, 0) is 17.7 Å². The number of methoxy groups -OCH3 is 1. The molecule has 7 heteroatoms. The average Bonchev–Trinajstić information content (AvgIpc) is 2.45. The lowest BCUT2D eigenvalue weighted by Gasteiger charge is -2.08. The fourth-order valence-electron chi connectivity index (χ4n) is 1.53. The quantitative estimate of drug-likeness (QED) is 0.679. The highest BCUT2D eigenvalue weighted by Gasteiger charge is 2.04. The third kappa shape index (κ3) is 3.93. The van der Waals surface area contributed by atoms with E-state index in [-0.39, 0.29) is 0 Å². The van der Waals surface area contributed by atoms with E-state index in [9.17, 15) is 4.21 Å². The van der Waals surface area contributed by atoms with Gasteiger partial charge in [0.1, 0.15) is 17.5 Å². The van der Waals surface area contributed by atoms with Crippen LogP contribution in [0.4, 0.5) is 0 Å². The molecule has 20 heavy (non-hydrogen) atoms. The number of nitrogens with zero attached hydrogens (tertiary/aromatic N) is 1. The van der Waals surface area contributed by atoms with Gasteiger partial charge in [0.05, 0.1) is 12.0 Å². The van der Waals surface area contributed by atoms with Gasteiger partial charge < -0.3 is 14.0 Å². The summed E-state index contributed by atoms with van der Waals surface area (Å²) < 4.78 is 30.3. The molecule has 0 aliphatic carbocycles. The number of aromatic nitrogens is 1. The summed E-state index contributed by atoms with van der Waals surface area (Å²) in [6.45, 7) is 0.292. The standard InChI is InChI=1S/C13H12ClNO4S/c1-18-13-7-9(6-12(14)15-13)8-19-10-2-4-11(5-3-10)20(16)17/h2-7H,8H2,1H3,(H,16,17). The van der Waals surface area contributed by atoms with E-state index in [0.717, 1.165) is 5.56 Å². The lowest BCUT2D eigenvalue weighted by atomic mass is 10.3. The van der Waals surface area contributed by atoms with Crippen molar-refractivity contribution >= 4 is 22.7 Å². The molecule has 2 aromatic rings. The van der Waals surface area contributed by atoms with Gasteiger partial charge in [-0.3, -0.25) is 0 Å². The maximum absolute atomic E-state index is 10.8. The molecule has 1 atom stereocenters. The Morgan fingerprint density at radius 3 is 2.60 bits per heavy atom. The molecule has 0 fully saturated rings. The summed E-state index contributed by atoms with van der Waals surface area (Å²) in [6, 6.07) is 9.73. The second-order valence-corrected chi connectivity index (χ2v) is 5.21. The van der Waals surface area contributed by atoms with Gasteiger partial charge in [0.15, 0.2) is 11.1 Å². The van der Waals surface area contributed by atoms with E-state index in [1.54, 1.807) is 24.3 Å². The van der Waals surface area contributed by atoms with Gasteiger partial charge in [-0.15, -0.1) is 0 Å². The molecule has 0 aliphatic rings. The molecule has 0 amide bonds. The first kappa shape index (κ1) is 14.8. The molecule has 0 saturated carbocycles. The molecule has 0 radical (unpaired) electrons. The van der Waals surface area contributed by atoms with Gasteiger partial charge >= 0.3 is 0 Å². The Bertz CT molecular complexity index is 618. The van der Waals surface area contributed by atoms with E-state index >= 15 is 0 Å². The summed E-state index contributed by atoms with van der Waals surface area (Å²) >= 11 is 3.88. The third-order valence-corrected chi connectivity index (χ3v) is 3.34. The van der Waals surface area contributed by atoms with Crippen molar-refractivity contribution in [2.24, 2.45) is 0 Å². The fraction of sp³-hybridized carbons (Fsp3) is 0.154. The number of benzene rings is 1. The molecule has 0 aliphatic heterocycles. The predicted molar refractivity (Wildman–Crippen MR) is 75.6 cm³/mol. The largest absolute Gasteiger partial charge is 0.489 e. The highest BCUT2D eigenvalue weighted by Crippen LogP contribution is 2.19. The van der Waals surface area contributed by atoms with Crippen molar-refractivity contribution in [1.29, 1.82) is 0 Å². The van der Waals surface area contributed by atoms with Crippen LogP contribution in [0.1, 0.15) is 5.56 Å². The fourth-order valence-corrected chi connectivity index (χ4v) is 2.12. The van der Waals surface area contributed by atoms with E-state index in [4.69, 9.17) is 25.6 Å². The maximum Gasteiger partial charge on any atom is 0.214 e. The minimum Gasteiger partial charge on any atom is -0.489 e. The van der Waals surface area contributed by atoms with Gasteiger partial charge in [-0.25, -0.2) is 9.19 Å². The number of hydrogen-bond acceptors (Lipinski definition) is 4. The molecule has 1 unspecified atom stereocenters. The van der Waals surface area contributed by atoms with Gasteiger partial charge in [-0.1, -0.05) is 11.6 Å². The zero-order chi connectivity index (χ0) is 14.5. The van der Waals surface area contributed by atoms with Crippen molar-refractivity contribution in [2.45, 2.75) is 11.5 Å². The van der Waals surface area contributed by atoms with Crippen molar-refractivity contribution < 1.29 is 18.2 Å². The number of pyridine rings is 1. The van der Waals surface area contributed by atoms with Crippen LogP contribution >= 0.6 is 11.6 Å². The van der Waals surface area contributed by atoms with Crippen LogP contribution in [0.2, 0.25) is 5.15 Å². The Morgan fingerprint density at radius 2 is 2.00 bits per heavy atom. The summed E-state index contributed by atoms with van der Waals surface area (Å²) in [7, 11) is 1.51. The number of hydrogen-bond donors (Lipinski definition) is 1. The highest BCUT2D eigenvalue weighted by molar-refractivity contribution is 7.79. The topological polar surface area (TPSA) is 68.7 Å². The van der Waals surface area contributed by atoms with Gasteiger partial charge in [0.2, 0.25) is 5.88 Å². The van der Waals surface area contributed by atoms with Crippen LogP contribution in [0.15, 0.2) is 41.3 Å². The van der Waals surface area contributed by atoms with Gasteiger partial charge in [-0.05, 0) is 35.9 Å². The zero-order valence-corrected chi connectivity index (χ0v) is 12.1. The van der Waals surface area contributed by atoms with Crippen molar-refractivity contribution in [1.82, 2.24) is 4.98 Å². The Hall–Kier alpha value is -1.63. The number of halogens is 1. The lowest BCUT2D eigenvalue weighted by Crippen LogP contribution is -1.98. The summed E-state index contributed by atoms with van der Waals surface area (Å²) in [5, 5.41) is 0.328. The Kier molecular flexibility index (Phi) is 4.94. The van der Waals surface area contributed by atoms with Crippen LogP contribution in [-0.4, -0.2) is 20.9 Å². The van der Waals surface area contributed by atoms with Crippen molar-refractivity contribution in [3.8, 4) is 11.6 Å². The Morgan fingerprint density at radius 1 is 1.30 bits per heavy atom. The third-order valence-electron chi connectivity index (χ3n) is 2.47. The van der Waals surface area contributed by atoms with Crippen molar-refractivity contribution in [2.75, 3.05) is 7.11 Å². The van der Waals surface area contributed by atoms with Gasteiger partial charge in [-0.2, -0.15) is 0 Å². The first-order chi connectivity index (χ1) is 9.58. The first-order valence-corrected chi connectivity index (χ1v) is 7.11. The minimum absolute atomic E-state index is 0.292. The van der Waals surface area contributed by atoms with E-state index in [0.29, 0.717) is 28.3 Å². The molecule has 1 heterocycles. The summed E-state index contributed by atoms with van der Waals surface area (Å²) in [5.41, 5.74) is 0.816. The monoisotopic (exact) mass is 313 g/mol. The summed E-state index contributed by atoms with van der Waals surface area (Å²) in [5.74, 6) is 1.01. The second kappa shape index (κ2) is 6.69. The van der Waals surface area contributed by atoms with Crippen LogP contribution < -0.4 is 9.47 Å². The Labute approximate surface area is 123 Å². The smallest absolute Gasteiger partial charge is 0.214 e. The van der Waals surface area contributed by atoms with Crippen molar-refractivity contribution in [3.63, 3.8) is 0 Å². The lowest BCUT2D eigenvalue weighted by molar-refractivity contribution is 0.304. The summed E-state index contributed by atoms with van der Waals surface area (Å²) in [4.78, 5) is 4.29. The Balaban J connectivity index is 2.04. The van der Waals surface area contributed by atoms with E-state index in [1.165, 1.54) is 19.2 Å². The summed E-state index contributed by atoms with van der Waals surface area (Å²) in [6.07, 6.45) is 0. The van der Waals surface area contributed by atoms with Crippen LogP contribution in [0.25, 0.3) is 0 Å². The van der Waals surface area contributed by atoms with Crippen LogP contribution in [0.5, 0.6) is 11.6 Å². The predicted octanol–water partition coefficient (Wildman–Crippen LogP) is 2.90. The molecule has 106 valence electrons. The average molecular weight is 314 g/mol. The van der Waals surface area contributed by atoms with Gasteiger partial charge in [0.25, 0.3) is 0 Å². The molecule has 0 bridgehead atoms. The van der Waals surface area contributed by atoms with Crippen molar-refractivity contribution in [3.05, 3.63) is 47.1 Å². The maximum atomic E-state index is 10.8. The molecule has 5 nitrogen and oxygen atoms in total. The normalized spacial score (nSPS) is 11.9. The molecule has 1 aromatic carbocycles. The van der Waals surface area contributed by atoms with Crippen LogP contribution in [0.3, 0.4) is 0 Å². The SMILES string of the molecule is COc1cc(COc2ccc(S(=O)O)cc2)cc(Cl)n1. The molecular weight excluding hydrogens is 302 g/mol. The number of ether oxygens (including phenoxy) is 2. The van der Waals surface area contributed by atoms with E-state index in [2.05, 4.69) is 4.98 Å². The second-order valence-electron chi connectivity index (χ2n) is 3.85. The zero-order valence-electron chi connectivity index (χ0n) is 10.6. The molecular formula is C13H12ClNO4S. The highest BCUT2D eigenvalue weighted by atomic mass is 35.5. The molecule has 1 N–H and O–H groups in total. The van der Waals surface area contributed by atoms with Crippen LogP contribution in [0, 0.1) is 0 Å². The van der Waals surface area contributed by atoms with E-state index in [1.807, 2.05) is 0 Å². The molecule has 2 rings (SSSR count). The van der Waals surface area contributed by atoms with Gasteiger partial charge in [0, 0.05) is 6.07 Å².